The molecule has 4 radical (unpaired) electrons. The van der Waals surface area contributed by atoms with Gasteiger partial charge in [-0.15, -0.1) is 0 Å². The van der Waals surface area contributed by atoms with E-state index in [2.05, 4.69) is 53.0 Å². The first-order valence-corrected chi connectivity index (χ1v) is 13.7. The number of carbonyl (C=O) groups is 2. The molecule has 208 valence electrons. The Balaban J connectivity index is -0.000000128. The Bertz CT molecular complexity index is 364. The maximum atomic E-state index is 10.9. The maximum Gasteiger partial charge on any atom is 2.00 e. The zero-order valence-corrected chi connectivity index (χ0v) is 27.7. The Morgan fingerprint density at radius 2 is 1.00 bits per heavy atom. The summed E-state index contributed by atoms with van der Waals surface area (Å²) < 4.78 is 20.4. The zero-order valence-electron chi connectivity index (χ0n) is 23.2. The monoisotopic (exact) mass is 644 g/mol. The summed E-state index contributed by atoms with van der Waals surface area (Å²) >= 11 is 9.29. The Hall–Kier alpha value is 0.359. The van der Waals surface area contributed by atoms with Crippen molar-refractivity contribution < 1.29 is 28.5 Å². The van der Waals surface area contributed by atoms with Gasteiger partial charge in [0.15, 0.2) is 0 Å². The standard InChI is InChI=1S/2C9H18O3S.2C4H9.Sn/c2*1-3-11-8(2)4-6-12-9(10)5-7-13;2*1-3-4-2;/h2*8,13H,3-7H2,1-2H3;2*1,3-4H2,2H3;/q;;;;+2/p-2. The summed E-state index contributed by atoms with van der Waals surface area (Å²) in [5, 5.41) is 0. The number of esters is 2. The van der Waals surface area contributed by atoms with E-state index in [0.29, 0.717) is 50.8 Å². The second-order valence-corrected chi connectivity index (χ2v) is 7.98. The molecular weight excluding hydrogens is 591 g/mol. The summed E-state index contributed by atoms with van der Waals surface area (Å²) in [5.41, 5.74) is 0. The minimum Gasteiger partial charge on any atom is -0.792 e. The third-order valence-corrected chi connectivity index (χ3v) is 4.20. The minimum atomic E-state index is -0.210. The molecular formula is C26H52O6S2Sn. The number of unbranched alkanes of at least 4 members (excludes halogenated alkanes) is 2. The fraction of sp³-hybridized carbons (Fsp3) is 0.846. The van der Waals surface area contributed by atoms with Crippen LogP contribution in [0.3, 0.4) is 0 Å². The van der Waals surface area contributed by atoms with Crippen LogP contribution in [-0.4, -0.2) is 86.0 Å². The third kappa shape index (κ3) is 51.8. The first-order chi connectivity index (χ1) is 16.2. The molecule has 9 heteroatoms. The van der Waals surface area contributed by atoms with Crippen molar-refractivity contribution >= 4 is 61.1 Å². The topological polar surface area (TPSA) is 71.1 Å². The molecule has 0 saturated carbocycles. The van der Waals surface area contributed by atoms with Crippen LogP contribution in [0.5, 0.6) is 0 Å². The summed E-state index contributed by atoms with van der Waals surface area (Å²) in [4.78, 5) is 21.7. The van der Waals surface area contributed by atoms with Gasteiger partial charge in [0.25, 0.3) is 0 Å². The van der Waals surface area contributed by atoms with Gasteiger partial charge < -0.3 is 44.2 Å². The molecule has 0 aliphatic carbocycles. The molecule has 0 aromatic heterocycles. The fourth-order valence-electron chi connectivity index (χ4n) is 1.72. The number of hydrogen-bond acceptors (Lipinski definition) is 8. The van der Waals surface area contributed by atoms with Crippen LogP contribution in [0.4, 0.5) is 0 Å². The van der Waals surface area contributed by atoms with Gasteiger partial charge >= 0.3 is 35.8 Å². The third-order valence-electron chi connectivity index (χ3n) is 3.80. The first kappa shape index (κ1) is 45.3. The van der Waals surface area contributed by atoms with E-state index in [1.54, 1.807) is 0 Å². The van der Waals surface area contributed by atoms with E-state index in [0.717, 1.165) is 25.7 Å². The second-order valence-electron chi connectivity index (χ2n) is 7.17. The van der Waals surface area contributed by atoms with Gasteiger partial charge in [-0.3, -0.25) is 9.59 Å². The normalized spacial score (nSPS) is 11.0. The Kier molecular flexibility index (Phi) is 53.7. The zero-order chi connectivity index (χ0) is 27.0. The number of hydrogen-bond donors (Lipinski definition) is 0. The van der Waals surface area contributed by atoms with Crippen LogP contribution in [0, 0.1) is 13.8 Å². The Morgan fingerprint density at radius 3 is 1.20 bits per heavy atom. The Labute approximate surface area is 245 Å². The van der Waals surface area contributed by atoms with Crippen LogP contribution in [0.15, 0.2) is 0 Å². The molecule has 6 nitrogen and oxygen atoms in total. The minimum absolute atomic E-state index is 0. The molecule has 2 atom stereocenters. The van der Waals surface area contributed by atoms with Crippen LogP contribution in [0.1, 0.15) is 92.9 Å². The number of rotatable bonds is 16. The molecule has 0 aliphatic heterocycles. The molecule has 0 fully saturated rings. The van der Waals surface area contributed by atoms with E-state index in [4.69, 9.17) is 18.9 Å². The van der Waals surface area contributed by atoms with Crippen LogP contribution in [-0.2, 0) is 53.8 Å². The van der Waals surface area contributed by atoms with Crippen LogP contribution in [0.2, 0.25) is 0 Å². The summed E-state index contributed by atoms with van der Waals surface area (Å²) in [5.74, 6) is 0.442. The molecule has 35 heavy (non-hydrogen) atoms. The van der Waals surface area contributed by atoms with E-state index >= 15 is 0 Å². The van der Waals surface area contributed by atoms with Crippen molar-refractivity contribution in [2.75, 3.05) is 37.9 Å². The largest absolute Gasteiger partial charge is 2.00 e. The molecule has 0 aromatic rings. The van der Waals surface area contributed by atoms with Crippen molar-refractivity contribution in [1.29, 1.82) is 0 Å². The molecule has 0 heterocycles. The predicted molar refractivity (Wildman–Crippen MR) is 153 cm³/mol. The van der Waals surface area contributed by atoms with Crippen molar-refractivity contribution in [3.8, 4) is 0 Å². The summed E-state index contributed by atoms with van der Waals surface area (Å²) in [7, 11) is 0. The summed E-state index contributed by atoms with van der Waals surface area (Å²) in [6, 6.07) is 0. The molecule has 0 saturated heterocycles. The Morgan fingerprint density at radius 1 is 0.714 bits per heavy atom. The molecule has 0 rings (SSSR count). The molecule has 0 bridgehead atoms. The molecule has 0 aliphatic rings. The van der Waals surface area contributed by atoms with Crippen molar-refractivity contribution in [2.45, 2.75) is 105 Å². The summed E-state index contributed by atoms with van der Waals surface area (Å²) in [6.45, 7) is 21.5. The maximum absolute atomic E-state index is 10.9. The van der Waals surface area contributed by atoms with E-state index in [1.807, 2.05) is 27.7 Å². The fourth-order valence-corrected chi connectivity index (χ4v) is 2.06. The quantitative estimate of drug-likeness (QED) is 0.126. The molecule has 2 unspecified atom stereocenters. The van der Waals surface area contributed by atoms with E-state index in [-0.39, 0.29) is 48.1 Å². The van der Waals surface area contributed by atoms with Gasteiger partial charge in [-0.25, -0.2) is 0 Å². The van der Waals surface area contributed by atoms with Crippen LogP contribution in [0.25, 0.3) is 0 Å². The SMILES string of the molecule is CCOC(C)CCOC(=O)CC[S-].CCOC(C)CCOC(=O)CC[S-].[CH2]CCC.[CH2]CCC.[Sn+2]. The van der Waals surface area contributed by atoms with Gasteiger partial charge in [0.1, 0.15) is 0 Å². The second kappa shape index (κ2) is 41.5. The smallest absolute Gasteiger partial charge is 0.792 e. The van der Waals surface area contributed by atoms with Gasteiger partial charge in [0.05, 0.1) is 25.4 Å². The average Bonchev–Trinajstić information content (AvgIpc) is 2.80. The van der Waals surface area contributed by atoms with Gasteiger partial charge in [-0.2, -0.15) is 11.5 Å². The molecule has 0 amide bonds. The van der Waals surface area contributed by atoms with E-state index in [9.17, 15) is 9.59 Å². The van der Waals surface area contributed by atoms with Crippen molar-refractivity contribution in [3.05, 3.63) is 13.8 Å². The molecule has 0 spiro atoms. The predicted octanol–water partition coefficient (Wildman–Crippen LogP) is 5.42. The number of ether oxygens (including phenoxy) is 4. The van der Waals surface area contributed by atoms with Gasteiger partial charge in [-0.1, -0.05) is 53.4 Å². The molecule has 0 N–H and O–H groups in total. The van der Waals surface area contributed by atoms with Gasteiger partial charge in [0, 0.05) is 38.9 Å². The first-order valence-electron chi connectivity index (χ1n) is 12.5. The number of carbonyl (C=O) groups excluding carboxylic acids is 2. The van der Waals surface area contributed by atoms with Gasteiger partial charge in [0.2, 0.25) is 0 Å². The van der Waals surface area contributed by atoms with Crippen molar-refractivity contribution in [1.82, 2.24) is 0 Å². The van der Waals surface area contributed by atoms with Crippen LogP contribution < -0.4 is 0 Å². The average molecular weight is 644 g/mol. The summed E-state index contributed by atoms with van der Waals surface area (Å²) in [6.07, 6.45) is 7.02. The van der Waals surface area contributed by atoms with E-state index in [1.165, 1.54) is 12.8 Å². The van der Waals surface area contributed by atoms with Crippen molar-refractivity contribution in [3.63, 3.8) is 0 Å². The van der Waals surface area contributed by atoms with Crippen molar-refractivity contribution in [2.24, 2.45) is 0 Å². The molecule has 0 aromatic carbocycles. The van der Waals surface area contributed by atoms with Crippen LogP contribution >= 0.6 is 0 Å². The van der Waals surface area contributed by atoms with Gasteiger partial charge in [-0.05, 0) is 27.7 Å². The van der Waals surface area contributed by atoms with E-state index < -0.39 is 0 Å².